The van der Waals surface area contributed by atoms with E-state index in [4.69, 9.17) is 0 Å². The van der Waals surface area contributed by atoms with Gasteiger partial charge in [-0.25, -0.2) is 0 Å². The number of benzene rings is 1. The Morgan fingerprint density at radius 3 is 2.26 bits per heavy atom. The van der Waals surface area contributed by atoms with Gasteiger partial charge in [0.15, 0.2) is 0 Å². The van der Waals surface area contributed by atoms with Crippen LogP contribution in [0, 0.1) is 11.3 Å². The highest BCUT2D eigenvalue weighted by Gasteiger charge is 2.29. The Morgan fingerprint density at radius 1 is 1.09 bits per heavy atom. The molecule has 0 heterocycles. The van der Waals surface area contributed by atoms with Crippen molar-refractivity contribution in [3.05, 3.63) is 35.9 Å². The van der Waals surface area contributed by atoms with Gasteiger partial charge in [-0.05, 0) is 49.0 Å². The minimum absolute atomic E-state index is 0.0596. The fourth-order valence-electron chi connectivity index (χ4n) is 3.51. The average molecular weight is 316 g/mol. The molecule has 0 atom stereocenters. The van der Waals surface area contributed by atoms with Crippen LogP contribution in [-0.2, 0) is 11.2 Å². The molecule has 0 N–H and O–H groups in total. The number of nitrogens with zero attached hydrogens (tertiary/aromatic N) is 1. The first kappa shape index (κ1) is 18.0. The van der Waals surface area contributed by atoms with E-state index in [-0.39, 0.29) is 5.41 Å². The fraction of sp³-hybridized carbons (Fsp3) is 0.667. The van der Waals surface area contributed by atoms with Gasteiger partial charge in [-0.2, -0.15) is 0 Å². The summed E-state index contributed by atoms with van der Waals surface area (Å²) in [6.07, 6.45) is 6.47. The van der Waals surface area contributed by atoms with Crippen LogP contribution < -0.4 is 0 Å². The normalized spacial score (nSPS) is 21.9. The van der Waals surface area contributed by atoms with Crippen molar-refractivity contribution in [2.45, 2.75) is 72.3 Å². The Hall–Kier alpha value is -1.31. The average Bonchev–Trinajstić information content (AvgIpc) is 2.48. The maximum absolute atomic E-state index is 12.9. The molecule has 0 saturated heterocycles. The van der Waals surface area contributed by atoms with Gasteiger partial charge in [0, 0.05) is 19.0 Å². The molecule has 0 unspecified atom stereocenters. The fourth-order valence-corrected chi connectivity index (χ4v) is 3.51. The third kappa shape index (κ3) is 6.01. The molecule has 1 saturated carbocycles. The lowest BCUT2D eigenvalue weighted by molar-refractivity contribution is -0.136. The van der Waals surface area contributed by atoms with Crippen molar-refractivity contribution in [3.63, 3.8) is 0 Å². The molecule has 23 heavy (non-hydrogen) atoms. The molecule has 1 aromatic carbocycles. The Kier molecular flexibility index (Phi) is 6.26. The first-order chi connectivity index (χ1) is 10.8. The standard InChI is InChI=1S/C21H33NO/c1-17-10-12-19(13-11-17)22(20(23)16-21(2,3)4)15-14-18-8-6-5-7-9-18/h5-9,17,19H,10-16H2,1-4H3. The van der Waals surface area contributed by atoms with E-state index >= 15 is 0 Å². The Bertz CT molecular complexity index is 480. The van der Waals surface area contributed by atoms with Gasteiger partial charge < -0.3 is 4.90 Å². The maximum Gasteiger partial charge on any atom is 0.223 e. The Balaban J connectivity index is 2.02. The van der Waals surface area contributed by atoms with E-state index in [1.165, 1.54) is 31.2 Å². The lowest BCUT2D eigenvalue weighted by atomic mass is 9.85. The van der Waals surface area contributed by atoms with Gasteiger partial charge in [-0.3, -0.25) is 4.79 Å². The molecule has 0 aliphatic heterocycles. The van der Waals surface area contributed by atoms with E-state index in [9.17, 15) is 4.79 Å². The predicted molar refractivity (Wildman–Crippen MR) is 97.4 cm³/mol. The van der Waals surface area contributed by atoms with Crippen LogP contribution in [0.4, 0.5) is 0 Å². The number of rotatable bonds is 5. The highest BCUT2D eigenvalue weighted by atomic mass is 16.2. The van der Waals surface area contributed by atoms with Gasteiger partial charge in [0.1, 0.15) is 0 Å². The van der Waals surface area contributed by atoms with E-state index in [1.54, 1.807) is 0 Å². The monoisotopic (exact) mass is 315 g/mol. The summed E-state index contributed by atoms with van der Waals surface area (Å²) < 4.78 is 0. The minimum Gasteiger partial charge on any atom is -0.339 e. The Labute approximate surface area is 142 Å². The lowest BCUT2D eigenvalue weighted by Crippen LogP contribution is -2.44. The molecule has 2 rings (SSSR count). The Morgan fingerprint density at radius 2 is 1.70 bits per heavy atom. The van der Waals surface area contributed by atoms with Crippen molar-refractivity contribution in [2.24, 2.45) is 11.3 Å². The minimum atomic E-state index is 0.0596. The van der Waals surface area contributed by atoms with Crippen LogP contribution in [0.25, 0.3) is 0 Å². The number of amides is 1. The molecule has 1 fully saturated rings. The van der Waals surface area contributed by atoms with Crippen LogP contribution in [0.1, 0.15) is 65.4 Å². The SMILES string of the molecule is CC1CCC(N(CCc2ccccc2)C(=O)CC(C)(C)C)CC1. The van der Waals surface area contributed by atoms with E-state index < -0.39 is 0 Å². The summed E-state index contributed by atoms with van der Waals surface area (Å²) in [5, 5.41) is 0. The van der Waals surface area contributed by atoms with Crippen molar-refractivity contribution in [2.75, 3.05) is 6.54 Å². The molecule has 128 valence electrons. The molecule has 2 heteroatoms. The van der Waals surface area contributed by atoms with Crippen molar-refractivity contribution in [1.29, 1.82) is 0 Å². The van der Waals surface area contributed by atoms with Crippen LogP contribution in [0.15, 0.2) is 30.3 Å². The van der Waals surface area contributed by atoms with Gasteiger partial charge in [0.2, 0.25) is 5.91 Å². The summed E-state index contributed by atoms with van der Waals surface area (Å²) in [5.41, 5.74) is 1.38. The molecule has 1 aliphatic carbocycles. The van der Waals surface area contributed by atoms with Crippen LogP contribution in [0.3, 0.4) is 0 Å². The molecule has 1 aliphatic rings. The van der Waals surface area contributed by atoms with Crippen LogP contribution in [0.2, 0.25) is 0 Å². The third-order valence-corrected chi connectivity index (χ3v) is 4.91. The molecule has 0 spiro atoms. The van der Waals surface area contributed by atoms with Gasteiger partial charge in [0.05, 0.1) is 0 Å². The molecule has 0 radical (unpaired) electrons. The summed E-state index contributed by atoms with van der Waals surface area (Å²) in [6.45, 7) is 9.66. The second-order valence-corrected chi connectivity index (χ2v) is 8.47. The molecule has 1 aromatic rings. The second-order valence-electron chi connectivity index (χ2n) is 8.47. The van der Waals surface area contributed by atoms with Gasteiger partial charge in [-0.1, -0.05) is 58.0 Å². The number of carbonyl (C=O) groups excluding carboxylic acids is 1. The quantitative estimate of drug-likeness (QED) is 0.742. The highest BCUT2D eigenvalue weighted by molar-refractivity contribution is 5.77. The zero-order valence-electron chi connectivity index (χ0n) is 15.3. The van der Waals surface area contributed by atoms with E-state index in [2.05, 4.69) is 62.9 Å². The predicted octanol–water partition coefficient (Wildman–Crippen LogP) is 5.07. The maximum atomic E-state index is 12.9. The molecular formula is C21H33NO. The third-order valence-electron chi connectivity index (χ3n) is 4.91. The first-order valence-corrected chi connectivity index (χ1v) is 9.18. The van der Waals surface area contributed by atoms with Crippen LogP contribution in [-0.4, -0.2) is 23.4 Å². The highest BCUT2D eigenvalue weighted by Crippen LogP contribution is 2.29. The smallest absolute Gasteiger partial charge is 0.223 e. The zero-order valence-corrected chi connectivity index (χ0v) is 15.3. The molecule has 1 amide bonds. The zero-order chi connectivity index (χ0) is 16.9. The number of hydrogen-bond donors (Lipinski definition) is 0. The second kappa shape index (κ2) is 7.99. The number of hydrogen-bond acceptors (Lipinski definition) is 1. The van der Waals surface area contributed by atoms with Gasteiger partial charge in [0.25, 0.3) is 0 Å². The van der Waals surface area contributed by atoms with Crippen molar-refractivity contribution in [1.82, 2.24) is 4.90 Å². The molecule has 0 aromatic heterocycles. The summed E-state index contributed by atoms with van der Waals surface area (Å²) in [7, 11) is 0. The lowest BCUT2D eigenvalue weighted by Gasteiger charge is -2.37. The summed E-state index contributed by atoms with van der Waals surface area (Å²) in [5.74, 6) is 1.16. The van der Waals surface area contributed by atoms with Crippen LogP contribution >= 0.6 is 0 Å². The first-order valence-electron chi connectivity index (χ1n) is 9.18. The summed E-state index contributed by atoms with van der Waals surface area (Å²) >= 11 is 0. The molecule has 2 nitrogen and oxygen atoms in total. The number of carbonyl (C=O) groups is 1. The van der Waals surface area contributed by atoms with Gasteiger partial charge in [-0.15, -0.1) is 0 Å². The topological polar surface area (TPSA) is 20.3 Å². The van der Waals surface area contributed by atoms with Crippen LogP contribution in [0.5, 0.6) is 0 Å². The summed E-state index contributed by atoms with van der Waals surface area (Å²) in [6, 6.07) is 11.0. The van der Waals surface area contributed by atoms with E-state index in [0.29, 0.717) is 18.4 Å². The van der Waals surface area contributed by atoms with Crippen molar-refractivity contribution in [3.8, 4) is 0 Å². The van der Waals surface area contributed by atoms with Crippen molar-refractivity contribution >= 4 is 5.91 Å². The molecular weight excluding hydrogens is 282 g/mol. The van der Waals surface area contributed by atoms with Gasteiger partial charge >= 0.3 is 0 Å². The summed E-state index contributed by atoms with van der Waals surface area (Å²) in [4.78, 5) is 15.1. The van der Waals surface area contributed by atoms with Crippen molar-refractivity contribution < 1.29 is 4.79 Å². The van der Waals surface area contributed by atoms with E-state index in [1.807, 2.05) is 0 Å². The van der Waals surface area contributed by atoms with E-state index in [0.717, 1.165) is 18.9 Å². The largest absolute Gasteiger partial charge is 0.339 e. The molecule has 0 bridgehead atoms.